The molecule has 9 nitrogen and oxygen atoms in total. The van der Waals surface area contributed by atoms with Crippen molar-refractivity contribution in [2.75, 3.05) is 23.8 Å². The molecule has 1 fully saturated rings. The quantitative estimate of drug-likeness (QED) is 0.124. The monoisotopic (exact) mass is 581 g/mol. The van der Waals surface area contributed by atoms with Gasteiger partial charge in [0.25, 0.3) is 5.91 Å². The smallest absolute Gasteiger partial charge is 0.258 e. The number of ether oxygens (including phenoxy) is 1. The van der Waals surface area contributed by atoms with Crippen molar-refractivity contribution in [2.45, 2.75) is 70.8 Å². The number of allylic oxidation sites excluding steroid dienone is 6. The number of anilines is 2. The fourth-order valence-corrected chi connectivity index (χ4v) is 5.60. The van der Waals surface area contributed by atoms with Gasteiger partial charge in [-0.25, -0.2) is 0 Å². The number of dihydropyridines is 1. The van der Waals surface area contributed by atoms with Crippen molar-refractivity contribution < 1.29 is 18.9 Å². The van der Waals surface area contributed by atoms with E-state index in [1.807, 2.05) is 18.4 Å². The summed E-state index contributed by atoms with van der Waals surface area (Å²) < 4.78 is 7.66. The first kappa shape index (κ1) is 30.1. The molecule has 0 saturated carbocycles. The molecule has 1 aromatic heterocycles. The summed E-state index contributed by atoms with van der Waals surface area (Å²) in [5.41, 5.74) is 6.10. The molecular formula is C34H41N6O3+. The van der Waals surface area contributed by atoms with Crippen LogP contribution in [0.25, 0.3) is 0 Å². The van der Waals surface area contributed by atoms with Crippen LogP contribution in [0.2, 0.25) is 0 Å². The molecule has 0 aromatic carbocycles. The summed E-state index contributed by atoms with van der Waals surface area (Å²) in [6, 6.07) is 2.11. The molecular weight excluding hydrogens is 540 g/mol. The molecule has 1 atom stereocenters. The molecule has 224 valence electrons. The number of carbonyl (C=O) groups excluding carboxylic acids is 2. The molecule has 4 N–H and O–H groups in total. The third-order valence-electron chi connectivity index (χ3n) is 8.22. The zero-order chi connectivity index (χ0) is 30.2. The number of aromatic nitrogens is 1. The van der Waals surface area contributed by atoms with Gasteiger partial charge < -0.3 is 26.1 Å². The Morgan fingerprint density at radius 1 is 1.21 bits per heavy atom. The van der Waals surface area contributed by atoms with Crippen LogP contribution in [0.5, 0.6) is 0 Å². The average molecular weight is 582 g/mol. The minimum atomic E-state index is -0.427. The largest absolute Gasteiger partial charge is 0.374 e. The molecule has 1 aliphatic carbocycles. The lowest BCUT2D eigenvalue weighted by molar-refractivity contribution is -0.503. The number of pyridine rings is 1. The van der Waals surface area contributed by atoms with E-state index in [9.17, 15) is 9.59 Å². The number of rotatable bonds is 10. The van der Waals surface area contributed by atoms with E-state index in [2.05, 4.69) is 50.6 Å². The predicted molar refractivity (Wildman–Crippen MR) is 170 cm³/mol. The van der Waals surface area contributed by atoms with E-state index in [1.165, 1.54) is 31.3 Å². The van der Waals surface area contributed by atoms with E-state index < -0.39 is 5.91 Å². The van der Waals surface area contributed by atoms with E-state index in [-0.39, 0.29) is 17.1 Å². The second-order valence-electron chi connectivity index (χ2n) is 11.4. The highest BCUT2D eigenvalue weighted by Gasteiger charge is 2.31. The Kier molecular flexibility index (Phi) is 9.94. The first-order valence-electron chi connectivity index (χ1n) is 15.2. The Morgan fingerprint density at radius 3 is 2.79 bits per heavy atom. The van der Waals surface area contributed by atoms with Gasteiger partial charge in [-0.05, 0) is 56.7 Å². The maximum atomic E-state index is 13.5. The zero-order valence-corrected chi connectivity index (χ0v) is 24.9. The van der Waals surface area contributed by atoms with Gasteiger partial charge in [-0.3, -0.25) is 14.6 Å². The molecule has 1 aromatic rings. The molecule has 4 heterocycles. The molecule has 0 radical (unpaired) electrons. The van der Waals surface area contributed by atoms with Gasteiger partial charge in [-0.2, -0.15) is 4.58 Å². The van der Waals surface area contributed by atoms with Crippen LogP contribution in [0.3, 0.4) is 0 Å². The molecule has 43 heavy (non-hydrogen) atoms. The molecule has 9 heteroatoms. The third kappa shape index (κ3) is 7.73. The van der Waals surface area contributed by atoms with Crippen LogP contribution in [-0.4, -0.2) is 53.1 Å². The number of nitrogens with zero attached hydrogens (tertiary/aromatic N) is 2. The van der Waals surface area contributed by atoms with Crippen molar-refractivity contribution in [2.24, 2.45) is 0 Å². The molecule has 3 aliphatic heterocycles. The van der Waals surface area contributed by atoms with Gasteiger partial charge in [0, 0.05) is 30.8 Å². The van der Waals surface area contributed by atoms with Gasteiger partial charge in [0.15, 0.2) is 18.5 Å². The van der Waals surface area contributed by atoms with Crippen molar-refractivity contribution in [3.05, 3.63) is 88.7 Å². The number of carbonyl (C=O) groups is 2. The maximum Gasteiger partial charge on any atom is 0.258 e. The molecule has 5 rings (SSSR count). The molecule has 1 saturated heterocycles. The molecule has 1 unspecified atom stereocenters. The van der Waals surface area contributed by atoms with E-state index in [0.717, 1.165) is 56.3 Å². The van der Waals surface area contributed by atoms with Crippen LogP contribution < -0.4 is 16.0 Å². The lowest BCUT2D eigenvalue weighted by Gasteiger charge is -2.19. The van der Waals surface area contributed by atoms with E-state index >= 15 is 0 Å². The van der Waals surface area contributed by atoms with Crippen molar-refractivity contribution >= 4 is 35.6 Å². The van der Waals surface area contributed by atoms with Crippen LogP contribution in [-0.2, 0) is 14.3 Å². The topological polar surface area (TPSA) is 119 Å². The fourth-order valence-electron chi connectivity index (χ4n) is 5.60. The highest BCUT2D eigenvalue weighted by atomic mass is 16.5. The lowest BCUT2D eigenvalue weighted by Crippen LogP contribution is -2.30. The fraction of sp³-hybridized carbons (Fsp3) is 0.382. The lowest BCUT2D eigenvalue weighted by atomic mass is 9.97. The van der Waals surface area contributed by atoms with Crippen LogP contribution in [0.1, 0.15) is 63.5 Å². The number of amides is 2. The Labute approximate surface area is 253 Å². The third-order valence-corrected chi connectivity index (χ3v) is 8.22. The Bertz CT molecular complexity index is 1490. The summed E-state index contributed by atoms with van der Waals surface area (Å²) in [4.78, 5) is 30.6. The van der Waals surface area contributed by atoms with Crippen LogP contribution in [0, 0.1) is 12.3 Å². The summed E-state index contributed by atoms with van der Waals surface area (Å²) in [6.07, 6.45) is 24.1. The number of hydrogen-bond acceptors (Lipinski definition) is 6. The van der Waals surface area contributed by atoms with Crippen LogP contribution in [0.4, 0.5) is 11.4 Å². The molecule has 0 bridgehead atoms. The number of aryl methyl sites for hydroxylation is 1. The summed E-state index contributed by atoms with van der Waals surface area (Å²) in [5, 5.41) is 16.8. The maximum absolute atomic E-state index is 13.5. The van der Waals surface area contributed by atoms with E-state index in [1.54, 1.807) is 19.2 Å². The average Bonchev–Trinajstić information content (AvgIpc) is 3.49. The SMILES string of the molecule is C=C(C=N)/C(C(=O)Nc1cc(NC(=O)CC/C2=C/CCCCCC2)cnc1C)=C1/C=CC(C2=C[N+](C3CCOC3)=C2)=CN1. The Balaban J connectivity index is 1.22. The summed E-state index contributed by atoms with van der Waals surface area (Å²) in [7, 11) is 0. The Morgan fingerprint density at radius 2 is 2.05 bits per heavy atom. The number of hydrogen-bond donors (Lipinski definition) is 4. The zero-order valence-electron chi connectivity index (χ0n) is 24.9. The molecule has 2 amide bonds. The first-order chi connectivity index (χ1) is 20.9. The van der Waals surface area contributed by atoms with Crippen LogP contribution in [0.15, 0.2) is 83.0 Å². The highest BCUT2D eigenvalue weighted by molar-refractivity contribution is 6.12. The van der Waals surface area contributed by atoms with E-state index in [4.69, 9.17) is 10.1 Å². The van der Waals surface area contributed by atoms with Crippen molar-refractivity contribution in [3.63, 3.8) is 0 Å². The molecule has 0 spiro atoms. The first-order valence-corrected chi connectivity index (χ1v) is 15.2. The summed E-state index contributed by atoms with van der Waals surface area (Å²) in [6.45, 7) is 7.26. The minimum absolute atomic E-state index is 0.0801. The van der Waals surface area contributed by atoms with E-state index in [0.29, 0.717) is 35.2 Å². The minimum Gasteiger partial charge on any atom is -0.374 e. The van der Waals surface area contributed by atoms with Crippen molar-refractivity contribution in [1.29, 1.82) is 5.41 Å². The Hall–Kier alpha value is -4.37. The number of nitrogens with one attached hydrogen (secondary N) is 4. The van der Waals surface area contributed by atoms with Gasteiger partial charge in [0.2, 0.25) is 5.91 Å². The second-order valence-corrected chi connectivity index (χ2v) is 11.4. The normalized spacial score (nSPS) is 22.2. The van der Waals surface area contributed by atoms with Gasteiger partial charge >= 0.3 is 0 Å². The van der Waals surface area contributed by atoms with Crippen molar-refractivity contribution in [1.82, 2.24) is 10.3 Å². The van der Waals surface area contributed by atoms with Gasteiger partial charge in [-0.15, -0.1) is 0 Å². The van der Waals surface area contributed by atoms with Crippen molar-refractivity contribution in [3.8, 4) is 0 Å². The second kappa shape index (κ2) is 14.2. The van der Waals surface area contributed by atoms with Gasteiger partial charge in [-0.1, -0.05) is 37.1 Å². The molecule has 4 aliphatic rings. The predicted octanol–water partition coefficient (Wildman–Crippen LogP) is 5.60. The summed E-state index contributed by atoms with van der Waals surface area (Å²) >= 11 is 0. The van der Waals surface area contributed by atoms with Gasteiger partial charge in [0.1, 0.15) is 12.2 Å². The summed E-state index contributed by atoms with van der Waals surface area (Å²) in [5.74, 6) is -0.507. The highest BCUT2D eigenvalue weighted by Crippen LogP contribution is 2.26. The van der Waals surface area contributed by atoms with Gasteiger partial charge in [0.05, 0.1) is 41.1 Å². The van der Waals surface area contributed by atoms with Crippen LogP contribution >= 0.6 is 0 Å². The standard InChI is InChI=1S/C34H40N6O3/c1-23(17-35)33(30-12-11-26(18-37-30)27-20-40(21-27)29-14-15-43-22-29)34(42)39-31-16-28(19-36-24(31)2)38-32(41)13-10-25-8-6-4-3-5-7-9-25/h8,11-12,16-21,29,35H,1,3-7,9-10,13-15,22H2,2H3,(H2-,37,38,39,41,42)/p+1/b25-8+,35-17?.